The highest BCUT2D eigenvalue weighted by Crippen LogP contribution is 2.48. The number of ether oxygens (including phenoxy) is 1. The van der Waals surface area contributed by atoms with Gasteiger partial charge < -0.3 is 25.2 Å². The molecular formula is C31H56O6. The number of hydrogen-bond acceptors (Lipinski definition) is 6. The zero-order chi connectivity index (χ0) is 28.3. The molecule has 0 aromatic heterocycles. The van der Waals surface area contributed by atoms with E-state index in [-0.39, 0.29) is 23.5 Å². The molecule has 0 radical (unpaired) electrons. The number of esters is 1. The number of hydrogen-bond donors (Lipinski definition) is 4. The highest BCUT2D eigenvalue weighted by molar-refractivity contribution is 5.86. The minimum Gasteiger partial charge on any atom is -0.508 e. The van der Waals surface area contributed by atoms with Gasteiger partial charge in [-0.25, -0.2) is 4.79 Å². The van der Waals surface area contributed by atoms with Crippen LogP contribution in [0.4, 0.5) is 0 Å². The maximum atomic E-state index is 13.0. The van der Waals surface area contributed by atoms with E-state index in [0.717, 1.165) is 19.3 Å². The van der Waals surface area contributed by atoms with Crippen LogP contribution in [0, 0.1) is 10.8 Å². The van der Waals surface area contributed by atoms with Crippen LogP contribution in [0.5, 0.6) is 0 Å². The Kier molecular flexibility index (Phi) is 13.7. The summed E-state index contributed by atoms with van der Waals surface area (Å²) in [6.45, 7) is 12.9. The largest absolute Gasteiger partial charge is 0.508 e. The minimum atomic E-state index is -2.66. The molecule has 0 bridgehead atoms. The summed E-state index contributed by atoms with van der Waals surface area (Å²) < 4.78 is 5.34. The molecule has 2 unspecified atom stereocenters. The first-order chi connectivity index (χ1) is 17.2. The van der Waals surface area contributed by atoms with Crippen LogP contribution < -0.4 is 0 Å². The maximum Gasteiger partial charge on any atom is 0.349 e. The van der Waals surface area contributed by atoms with Crippen molar-refractivity contribution in [1.82, 2.24) is 0 Å². The molecule has 4 N–H and O–H groups in total. The van der Waals surface area contributed by atoms with Crippen molar-refractivity contribution in [3.05, 3.63) is 22.7 Å². The van der Waals surface area contributed by atoms with Gasteiger partial charge in [-0.15, -0.1) is 0 Å². The van der Waals surface area contributed by atoms with E-state index in [1.54, 1.807) is 41.5 Å². The molecule has 37 heavy (non-hydrogen) atoms. The van der Waals surface area contributed by atoms with Crippen molar-refractivity contribution in [3.63, 3.8) is 0 Å². The SMILES string of the molecule is CCCCCCCCCCCCCCCCOC(=O)C1(O)C(O)=C(C(C)(C)C)C(O)=C(C(C)(C)C)C1O. The first kappa shape index (κ1) is 33.5. The molecule has 0 aliphatic heterocycles. The second kappa shape index (κ2) is 15.2. The molecule has 1 aliphatic rings. The lowest BCUT2D eigenvalue weighted by Gasteiger charge is -2.43. The summed E-state index contributed by atoms with van der Waals surface area (Å²) in [7, 11) is 0. The van der Waals surface area contributed by atoms with Crippen LogP contribution in [-0.4, -0.2) is 44.7 Å². The van der Waals surface area contributed by atoms with Crippen molar-refractivity contribution in [1.29, 1.82) is 0 Å². The van der Waals surface area contributed by atoms with E-state index in [1.165, 1.54) is 64.2 Å². The Bertz CT molecular complexity index is 768. The van der Waals surface area contributed by atoms with Crippen LogP contribution in [0.1, 0.15) is 138 Å². The summed E-state index contributed by atoms with van der Waals surface area (Å²) in [4.78, 5) is 13.0. The van der Waals surface area contributed by atoms with E-state index in [1.807, 2.05) is 0 Å². The number of unbranched alkanes of at least 4 members (excludes halogenated alkanes) is 13. The number of carbonyl (C=O) groups excluding carboxylic acids is 1. The molecule has 0 aromatic rings. The van der Waals surface area contributed by atoms with Crippen molar-refractivity contribution in [3.8, 4) is 0 Å². The van der Waals surface area contributed by atoms with Crippen molar-refractivity contribution in [2.45, 2.75) is 150 Å². The normalized spacial score (nSPS) is 21.1. The summed E-state index contributed by atoms with van der Waals surface area (Å²) in [5, 5.41) is 44.1. The Balaban J connectivity index is 2.49. The number of aliphatic hydroxyl groups is 4. The lowest BCUT2D eigenvalue weighted by molar-refractivity contribution is -0.175. The van der Waals surface area contributed by atoms with Gasteiger partial charge in [0, 0.05) is 11.1 Å². The molecule has 6 heteroatoms. The second-order valence-corrected chi connectivity index (χ2v) is 12.9. The number of aliphatic hydroxyl groups excluding tert-OH is 3. The summed E-state index contributed by atoms with van der Waals surface area (Å²) in [5.41, 5.74) is -4.06. The Morgan fingerprint density at radius 2 is 1.16 bits per heavy atom. The van der Waals surface area contributed by atoms with Crippen LogP contribution in [0.3, 0.4) is 0 Å². The maximum absolute atomic E-state index is 13.0. The summed E-state index contributed by atoms with van der Waals surface area (Å²) >= 11 is 0. The monoisotopic (exact) mass is 524 g/mol. The molecule has 0 fully saturated rings. The quantitative estimate of drug-likeness (QED) is 0.121. The topological polar surface area (TPSA) is 107 Å². The predicted octanol–water partition coefficient (Wildman–Crippen LogP) is 7.83. The van der Waals surface area contributed by atoms with Gasteiger partial charge in [-0.2, -0.15) is 0 Å². The third kappa shape index (κ3) is 9.62. The highest BCUT2D eigenvalue weighted by atomic mass is 16.6. The molecular weight excluding hydrogens is 468 g/mol. The highest BCUT2D eigenvalue weighted by Gasteiger charge is 2.58. The smallest absolute Gasteiger partial charge is 0.349 e. The lowest BCUT2D eigenvalue weighted by atomic mass is 9.67. The number of carbonyl (C=O) groups is 1. The van der Waals surface area contributed by atoms with E-state index in [4.69, 9.17) is 4.74 Å². The fourth-order valence-corrected chi connectivity index (χ4v) is 5.16. The zero-order valence-electron chi connectivity index (χ0n) is 24.8. The zero-order valence-corrected chi connectivity index (χ0v) is 24.8. The summed E-state index contributed by atoms with van der Waals surface area (Å²) in [5.74, 6) is -2.12. The molecule has 0 spiro atoms. The van der Waals surface area contributed by atoms with Crippen molar-refractivity contribution in [2.75, 3.05) is 6.61 Å². The van der Waals surface area contributed by atoms with Gasteiger partial charge in [-0.05, 0) is 17.3 Å². The third-order valence-corrected chi connectivity index (χ3v) is 7.36. The molecule has 216 valence electrons. The van der Waals surface area contributed by atoms with Gasteiger partial charge in [-0.1, -0.05) is 132 Å². The number of rotatable bonds is 16. The van der Waals surface area contributed by atoms with Crippen LogP contribution >= 0.6 is 0 Å². The third-order valence-electron chi connectivity index (χ3n) is 7.36. The van der Waals surface area contributed by atoms with Crippen LogP contribution in [0.25, 0.3) is 0 Å². The Labute approximate surface area is 226 Å². The van der Waals surface area contributed by atoms with E-state index in [9.17, 15) is 25.2 Å². The molecule has 1 aliphatic carbocycles. The fraction of sp³-hybridized carbons (Fsp3) is 0.839. The van der Waals surface area contributed by atoms with Gasteiger partial charge in [0.25, 0.3) is 0 Å². The van der Waals surface area contributed by atoms with Gasteiger partial charge in [0.15, 0.2) is 0 Å². The Morgan fingerprint density at radius 3 is 1.54 bits per heavy atom. The van der Waals surface area contributed by atoms with Gasteiger partial charge in [-0.3, -0.25) is 0 Å². The van der Waals surface area contributed by atoms with Gasteiger partial charge in [0.05, 0.1) is 6.61 Å². The molecule has 1 rings (SSSR count). The molecule has 0 saturated heterocycles. The number of allylic oxidation sites excluding steroid dienone is 1. The van der Waals surface area contributed by atoms with E-state index >= 15 is 0 Å². The lowest BCUT2D eigenvalue weighted by Crippen LogP contribution is -2.57. The average Bonchev–Trinajstić information content (AvgIpc) is 2.78. The first-order valence-electron chi connectivity index (χ1n) is 14.7. The van der Waals surface area contributed by atoms with E-state index in [2.05, 4.69) is 6.92 Å². The average molecular weight is 525 g/mol. The van der Waals surface area contributed by atoms with E-state index < -0.39 is 34.3 Å². The van der Waals surface area contributed by atoms with Gasteiger partial charge in [0.1, 0.15) is 17.6 Å². The molecule has 0 saturated carbocycles. The van der Waals surface area contributed by atoms with E-state index in [0.29, 0.717) is 6.42 Å². The van der Waals surface area contributed by atoms with Crippen molar-refractivity contribution < 1.29 is 30.0 Å². The van der Waals surface area contributed by atoms with Crippen LogP contribution in [0.2, 0.25) is 0 Å². The predicted molar refractivity (Wildman–Crippen MR) is 150 cm³/mol. The second-order valence-electron chi connectivity index (χ2n) is 12.9. The minimum absolute atomic E-state index is 0.0404. The standard InChI is InChI=1S/C31H56O6/c1-8-9-10-11-12-13-14-15-16-17-18-19-20-21-22-37-28(35)31(36)26(33)23(29(2,3)4)25(32)24(27(31)34)30(5,6)7/h26,32-34,36H,8-22H2,1-7H3. The Morgan fingerprint density at radius 1 is 0.757 bits per heavy atom. The molecule has 0 amide bonds. The Hall–Kier alpha value is -1.53. The molecule has 0 aromatic carbocycles. The van der Waals surface area contributed by atoms with Crippen molar-refractivity contribution >= 4 is 5.97 Å². The first-order valence-corrected chi connectivity index (χ1v) is 14.7. The molecule has 2 atom stereocenters. The fourth-order valence-electron chi connectivity index (χ4n) is 5.16. The summed E-state index contributed by atoms with van der Waals surface area (Å²) in [6, 6.07) is 0. The van der Waals surface area contributed by atoms with Crippen molar-refractivity contribution in [2.24, 2.45) is 10.8 Å². The van der Waals surface area contributed by atoms with Gasteiger partial charge >= 0.3 is 5.97 Å². The van der Waals surface area contributed by atoms with Gasteiger partial charge in [0.2, 0.25) is 5.60 Å². The molecule has 0 heterocycles. The van der Waals surface area contributed by atoms with Crippen LogP contribution in [-0.2, 0) is 9.53 Å². The summed E-state index contributed by atoms with van der Waals surface area (Å²) in [6.07, 6.45) is 15.2. The molecule has 6 nitrogen and oxygen atoms in total. The van der Waals surface area contributed by atoms with Crippen LogP contribution in [0.15, 0.2) is 22.7 Å².